The fourth-order valence-corrected chi connectivity index (χ4v) is 10.6. The number of aromatic nitrogens is 5. The second-order valence-electron chi connectivity index (χ2n) is 15.1. The zero-order valence-electron chi connectivity index (χ0n) is 29.8. The Balaban J connectivity index is 1.17. The van der Waals surface area contributed by atoms with Gasteiger partial charge < -0.3 is 4.57 Å². The van der Waals surface area contributed by atoms with Crippen LogP contribution < -0.4 is 9.25 Å². The molecule has 3 aliphatic rings. The van der Waals surface area contributed by atoms with Gasteiger partial charge in [0.1, 0.15) is 22.3 Å². The van der Waals surface area contributed by atoms with Crippen LogP contribution in [-0.4, -0.2) is 13.8 Å². The van der Waals surface area contributed by atoms with E-state index in [2.05, 4.69) is 201 Å². The summed E-state index contributed by atoms with van der Waals surface area (Å²) < 4.78 is 12.8. The van der Waals surface area contributed by atoms with Crippen LogP contribution in [0, 0.1) is 13.8 Å². The minimum absolute atomic E-state index is 0.680. The molecule has 1 atom stereocenters. The standard InChI is InChI=1S/C49H33N5/c1-30-44(34-25-23-33(24-26-34)22-21-32-12-4-3-5-13-32)31(2)54-49-45-41(51-39-17-8-6-14-35(39)37-27-28-43(53(30)54)46(49)47(37)51)19-10-20-42(45)52-40-18-9-7-15-36(40)38-16-11-29-50(49)48(38)52/h3-29H,1-2H3/q+2/b22-21+. The predicted molar refractivity (Wildman–Crippen MR) is 217 cm³/mol. The van der Waals surface area contributed by atoms with Crippen molar-refractivity contribution in [3.63, 3.8) is 0 Å². The molecule has 13 rings (SSSR count). The van der Waals surface area contributed by atoms with Crippen molar-refractivity contribution in [2.75, 3.05) is 0 Å². The van der Waals surface area contributed by atoms with Crippen LogP contribution in [0.3, 0.4) is 0 Å². The molecule has 3 aliphatic heterocycles. The molecule has 1 spiro atoms. The number of nitrogens with zero attached hydrogens (tertiary/aromatic N) is 5. The fourth-order valence-electron chi connectivity index (χ4n) is 10.6. The van der Waals surface area contributed by atoms with Crippen LogP contribution >= 0.6 is 0 Å². The van der Waals surface area contributed by atoms with Gasteiger partial charge in [-0.3, -0.25) is 0 Å². The first-order valence-corrected chi connectivity index (χ1v) is 18.8. The SMILES string of the molecule is Cc1c(-c2ccc(/C=C/c3ccccc3)cc2)c(C)[n+]2n1-c1ccc3c4ccccc4n4c3c1C21c2c-4cccc2-n2c3ccccc3c3ccc[n+]1c32. The van der Waals surface area contributed by atoms with E-state index in [9.17, 15) is 0 Å². The summed E-state index contributed by atoms with van der Waals surface area (Å²) in [6.45, 7) is 4.64. The third kappa shape index (κ3) is 3.13. The van der Waals surface area contributed by atoms with E-state index in [4.69, 9.17) is 0 Å². The summed E-state index contributed by atoms with van der Waals surface area (Å²) in [4.78, 5) is 0. The normalized spacial score (nSPS) is 16.0. The summed E-state index contributed by atoms with van der Waals surface area (Å²) in [6, 6.07) is 53.6. The van der Waals surface area contributed by atoms with Crippen LogP contribution in [-0.2, 0) is 5.66 Å². The molecule has 6 aromatic carbocycles. The van der Waals surface area contributed by atoms with Crippen molar-refractivity contribution < 1.29 is 9.25 Å². The Morgan fingerprint density at radius 1 is 0.519 bits per heavy atom. The van der Waals surface area contributed by atoms with Crippen LogP contribution in [0.4, 0.5) is 0 Å². The molecule has 54 heavy (non-hydrogen) atoms. The summed E-state index contributed by atoms with van der Waals surface area (Å²) in [6.07, 6.45) is 6.71. The van der Waals surface area contributed by atoms with E-state index in [1.165, 1.54) is 106 Å². The average molecular weight is 692 g/mol. The number of hydrogen-bond acceptors (Lipinski definition) is 0. The fraction of sp³-hybridized carbons (Fsp3) is 0.0612. The van der Waals surface area contributed by atoms with Crippen molar-refractivity contribution in [3.8, 4) is 28.2 Å². The number of hydrogen-bond donors (Lipinski definition) is 0. The van der Waals surface area contributed by atoms with Crippen LogP contribution in [0.5, 0.6) is 0 Å². The number of benzene rings is 6. The molecule has 5 heteroatoms. The van der Waals surface area contributed by atoms with Crippen LogP contribution in [0.2, 0.25) is 0 Å². The van der Waals surface area contributed by atoms with Gasteiger partial charge in [-0.25, -0.2) is 0 Å². The largest absolute Gasteiger partial charge is 0.394 e. The predicted octanol–water partition coefficient (Wildman–Crippen LogP) is 9.94. The molecule has 0 amide bonds. The minimum Gasteiger partial charge on any atom is -0.307 e. The van der Waals surface area contributed by atoms with E-state index in [1.54, 1.807) is 0 Å². The van der Waals surface area contributed by atoms with Gasteiger partial charge in [-0.15, -0.1) is 4.68 Å². The first-order valence-electron chi connectivity index (χ1n) is 18.8. The van der Waals surface area contributed by atoms with E-state index in [0.717, 1.165) is 0 Å². The molecule has 0 bridgehead atoms. The number of para-hydroxylation sites is 2. The lowest BCUT2D eigenvalue weighted by atomic mass is 9.82. The Hall–Kier alpha value is -6.98. The average Bonchev–Trinajstić information content (AvgIpc) is 3.92. The van der Waals surface area contributed by atoms with Crippen molar-refractivity contribution in [2.45, 2.75) is 19.5 Å². The van der Waals surface area contributed by atoms with Crippen LogP contribution in [0.25, 0.3) is 84.1 Å². The van der Waals surface area contributed by atoms with Gasteiger partial charge in [-0.2, -0.15) is 9.13 Å². The molecule has 0 N–H and O–H groups in total. The van der Waals surface area contributed by atoms with Gasteiger partial charge >= 0.3 is 11.3 Å². The maximum Gasteiger partial charge on any atom is 0.394 e. The lowest BCUT2D eigenvalue weighted by Crippen LogP contribution is -2.77. The number of pyridine rings is 1. The molecule has 0 aliphatic carbocycles. The van der Waals surface area contributed by atoms with Gasteiger partial charge in [0.15, 0.2) is 5.69 Å². The lowest BCUT2D eigenvalue weighted by molar-refractivity contribution is -0.989. The van der Waals surface area contributed by atoms with Crippen molar-refractivity contribution in [3.05, 3.63) is 185 Å². The molecular formula is C49H33N5+2. The molecule has 0 fully saturated rings. The number of fused-ring (bicyclic) bond motifs is 10. The number of rotatable bonds is 3. The van der Waals surface area contributed by atoms with E-state index in [0.29, 0.717) is 0 Å². The molecule has 252 valence electrons. The second-order valence-corrected chi connectivity index (χ2v) is 15.1. The third-order valence-electron chi connectivity index (χ3n) is 12.5. The summed E-state index contributed by atoms with van der Waals surface area (Å²) in [5.41, 5.74) is 18.0. The van der Waals surface area contributed by atoms with E-state index in [-0.39, 0.29) is 0 Å². The molecule has 5 nitrogen and oxygen atoms in total. The molecule has 0 saturated carbocycles. The lowest BCUT2D eigenvalue weighted by Gasteiger charge is -2.33. The summed E-state index contributed by atoms with van der Waals surface area (Å²) in [7, 11) is 0. The van der Waals surface area contributed by atoms with Gasteiger partial charge in [-0.1, -0.05) is 108 Å². The summed E-state index contributed by atoms with van der Waals surface area (Å²) in [5.74, 6) is 0. The van der Waals surface area contributed by atoms with Gasteiger partial charge in [0.25, 0.3) is 0 Å². The Bertz CT molecular complexity index is 3320. The molecule has 1 unspecified atom stereocenters. The molecule has 10 aromatic rings. The van der Waals surface area contributed by atoms with E-state index < -0.39 is 5.66 Å². The highest BCUT2D eigenvalue weighted by Gasteiger charge is 2.69. The Labute approximate surface area is 311 Å². The van der Waals surface area contributed by atoms with E-state index >= 15 is 0 Å². The zero-order valence-corrected chi connectivity index (χ0v) is 29.8. The van der Waals surface area contributed by atoms with Gasteiger partial charge in [0.05, 0.1) is 39.6 Å². The highest BCUT2D eigenvalue weighted by molar-refractivity contribution is 6.13. The molecule has 7 heterocycles. The van der Waals surface area contributed by atoms with Gasteiger partial charge in [0, 0.05) is 23.1 Å². The highest BCUT2D eigenvalue weighted by Crippen LogP contribution is 2.54. The first-order chi connectivity index (χ1) is 26.7. The summed E-state index contributed by atoms with van der Waals surface area (Å²) >= 11 is 0. The minimum atomic E-state index is -0.680. The van der Waals surface area contributed by atoms with Crippen molar-refractivity contribution >= 4 is 55.9 Å². The van der Waals surface area contributed by atoms with Crippen molar-refractivity contribution in [1.29, 1.82) is 0 Å². The van der Waals surface area contributed by atoms with Gasteiger partial charge in [-0.05, 0) is 78.2 Å². The topological polar surface area (TPSA) is 22.5 Å². The Morgan fingerprint density at radius 3 is 1.94 bits per heavy atom. The highest BCUT2D eigenvalue weighted by atomic mass is 15.5. The maximum absolute atomic E-state index is 2.63. The van der Waals surface area contributed by atoms with Gasteiger partial charge in [0.2, 0.25) is 5.69 Å². The smallest absolute Gasteiger partial charge is 0.307 e. The molecule has 0 radical (unpaired) electrons. The first kappa shape index (κ1) is 28.6. The van der Waals surface area contributed by atoms with E-state index in [1.807, 2.05) is 0 Å². The molecule has 0 saturated heterocycles. The zero-order chi connectivity index (χ0) is 35.4. The molecule has 4 aromatic heterocycles. The second kappa shape index (κ2) is 9.71. The maximum atomic E-state index is 2.63. The van der Waals surface area contributed by atoms with Crippen molar-refractivity contribution in [2.24, 2.45) is 0 Å². The van der Waals surface area contributed by atoms with Crippen molar-refractivity contribution in [1.82, 2.24) is 13.8 Å². The summed E-state index contributed by atoms with van der Waals surface area (Å²) in [5, 5.41) is 5.11. The monoisotopic (exact) mass is 691 g/mol. The Kier molecular flexibility index (Phi) is 5.14. The molecular weight excluding hydrogens is 659 g/mol. The quantitative estimate of drug-likeness (QED) is 0.130. The third-order valence-corrected chi connectivity index (χ3v) is 12.5. The Morgan fingerprint density at radius 2 is 1.17 bits per heavy atom. The van der Waals surface area contributed by atoms with Crippen LogP contribution in [0.1, 0.15) is 33.6 Å². The van der Waals surface area contributed by atoms with Crippen LogP contribution in [0.15, 0.2) is 152 Å².